The van der Waals surface area contributed by atoms with E-state index < -0.39 is 17.5 Å². The lowest BCUT2D eigenvalue weighted by Crippen LogP contribution is -2.27. The van der Waals surface area contributed by atoms with Crippen molar-refractivity contribution in [3.63, 3.8) is 0 Å². The lowest BCUT2D eigenvalue weighted by atomic mass is 9.88. The Kier molecular flexibility index (Phi) is 5.67. The second-order valence-corrected chi connectivity index (χ2v) is 6.35. The lowest BCUT2D eigenvalue weighted by Gasteiger charge is -2.29. The number of benzene rings is 2. The van der Waals surface area contributed by atoms with Gasteiger partial charge >= 0.3 is 0 Å². The average Bonchev–Trinajstić information content (AvgIpc) is 2.64. The normalized spacial score (nSPS) is 19.6. The van der Waals surface area contributed by atoms with Crippen molar-refractivity contribution in [3.8, 4) is 17.6 Å². The topological polar surface area (TPSA) is 42.2 Å². The van der Waals surface area contributed by atoms with E-state index >= 15 is 0 Å². The number of halogens is 3. The molecule has 0 saturated heterocycles. The van der Waals surface area contributed by atoms with Gasteiger partial charge < -0.3 is 9.47 Å². The highest BCUT2D eigenvalue weighted by molar-refractivity contribution is 5.43. The Morgan fingerprint density at radius 2 is 1.54 bits per heavy atom. The Hall–Kier alpha value is -2.68. The maximum atomic E-state index is 13.7. The fourth-order valence-corrected chi connectivity index (χ4v) is 3.12. The number of nitriles is 1. The highest BCUT2D eigenvalue weighted by atomic mass is 19.1. The SMILES string of the molecule is N#Cc1c(F)cccc1OCC1CCC(Oc2c(F)cccc2F)CC1. The number of hydrogen-bond donors (Lipinski definition) is 0. The number of rotatable bonds is 5. The van der Waals surface area contributed by atoms with E-state index in [0.29, 0.717) is 19.4 Å². The molecule has 0 N–H and O–H groups in total. The first-order valence-corrected chi connectivity index (χ1v) is 8.50. The van der Waals surface area contributed by atoms with E-state index in [-0.39, 0.29) is 29.1 Å². The quantitative estimate of drug-likeness (QED) is 0.753. The zero-order chi connectivity index (χ0) is 18.5. The molecule has 3 nitrogen and oxygen atoms in total. The average molecular weight is 361 g/mol. The molecule has 0 heterocycles. The first kappa shape index (κ1) is 18.1. The Balaban J connectivity index is 1.52. The smallest absolute Gasteiger partial charge is 0.191 e. The molecule has 0 amide bonds. The van der Waals surface area contributed by atoms with Crippen molar-refractivity contribution in [2.45, 2.75) is 31.8 Å². The van der Waals surface area contributed by atoms with Crippen LogP contribution in [0.3, 0.4) is 0 Å². The molecule has 0 aliphatic heterocycles. The Morgan fingerprint density at radius 3 is 2.19 bits per heavy atom. The van der Waals surface area contributed by atoms with E-state index in [1.54, 1.807) is 12.1 Å². The van der Waals surface area contributed by atoms with Gasteiger partial charge in [-0.25, -0.2) is 13.2 Å². The zero-order valence-electron chi connectivity index (χ0n) is 14.1. The highest BCUT2D eigenvalue weighted by Crippen LogP contribution is 2.31. The van der Waals surface area contributed by atoms with Crippen LogP contribution in [0.15, 0.2) is 36.4 Å². The third-order valence-corrected chi connectivity index (χ3v) is 4.56. The van der Waals surface area contributed by atoms with E-state index in [2.05, 4.69) is 0 Å². The van der Waals surface area contributed by atoms with Crippen LogP contribution in [0.4, 0.5) is 13.2 Å². The first-order chi connectivity index (χ1) is 12.6. The summed E-state index contributed by atoms with van der Waals surface area (Å²) in [4.78, 5) is 0. The zero-order valence-corrected chi connectivity index (χ0v) is 14.1. The largest absolute Gasteiger partial charge is 0.492 e. The number of ether oxygens (including phenoxy) is 2. The molecule has 0 bridgehead atoms. The molecule has 0 atom stereocenters. The van der Waals surface area contributed by atoms with Crippen LogP contribution in [0, 0.1) is 34.7 Å². The van der Waals surface area contributed by atoms with Crippen LogP contribution in [-0.2, 0) is 0 Å². The molecule has 3 rings (SSSR count). The molecule has 1 aliphatic rings. The van der Waals surface area contributed by atoms with Gasteiger partial charge in [-0.2, -0.15) is 5.26 Å². The van der Waals surface area contributed by atoms with Crippen molar-refractivity contribution < 1.29 is 22.6 Å². The summed E-state index contributed by atoms with van der Waals surface area (Å²) in [6.45, 7) is 0.360. The van der Waals surface area contributed by atoms with Gasteiger partial charge in [-0.05, 0) is 55.9 Å². The van der Waals surface area contributed by atoms with E-state index in [0.717, 1.165) is 12.8 Å². The maximum absolute atomic E-state index is 13.7. The van der Waals surface area contributed by atoms with E-state index in [4.69, 9.17) is 14.7 Å². The summed E-state index contributed by atoms with van der Waals surface area (Å²) in [6, 6.07) is 9.73. The summed E-state index contributed by atoms with van der Waals surface area (Å²) in [7, 11) is 0. The minimum atomic E-state index is -0.703. The second-order valence-electron chi connectivity index (χ2n) is 6.35. The van der Waals surface area contributed by atoms with Crippen LogP contribution in [0.2, 0.25) is 0 Å². The summed E-state index contributed by atoms with van der Waals surface area (Å²) in [5.74, 6) is -1.88. The van der Waals surface area contributed by atoms with Crippen LogP contribution in [0.1, 0.15) is 31.2 Å². The molecule has 0 unspecified atom stereocenters. The number of nitrogens with zero attached hydrogens (tertiary/aromatic N) is 1. The number of para-hydroxylation sites is 1. The van der Waals surface area contributed by atoms with Crippen molar-refractivity contribution >= 4 is 0 Å². The van der Waals surface area contributed by atoms with Crippen molar-refractivity contribution in [1.82, 2.24) is 0 Å². The number of hydrogen-bond acceptors (Lipinski definition) is 3. The molecule has 1 fully saturated rings. The minimum absolute atomic E-state index is 0.0976. The molecule has 26 heavy (non-hydrogen) atoms. The third-order valence-electron chi connectivity index (χ3n) is 4.56. The van der Waals surface area contributed by atoms with Crippen LogP contribution in [0.25, 0.3) is 0 Å². The highest BCUT2D eigenvalue weighted by Gasteiger charge is 2.25. The molecule has 1 saturated carbocycles. The fourth-order valence-electron chi connectivity index (χ4n) is 3.12. The van der Waals surface area contributed by atoms with Gasteiger partial charge in [0, 0.05) is 0 Å². The van der Waals surface area contributed by atoms with E-state index in [9.17, 15) is 13.2 Å². The van der Waals surface area contributed by atoms with Gasteiger partial charge in [0.25, 0.3) is 0 Å². The summed E-state index contributed by atoms with van der Waals surface area (Å²) < 4.78 is 52.0. The van der Waals surface area contributed by atoms with Crippen molar-refractivity contribution in [2.75, 3.05) is 6.61 Å². The summed E-state index contributed by atoms with van der Waals surface area (Å²) >= 11 is 0. The summed E-state index contributed by atoms with van der Waals surface area (Å²) in [5, 5.41) is 9.01. The first-order valence-electron chi connectivity index (χ1n) is 8.50. The third kappa shape index (κ3) is 4.10. The van der Waals surface area contributed by atoms with Crippen molar-refractivity contribution in [3.05, 3.63) is 59.4 Å². The molecule has 0 radical (unpaired) electrons. The van der Waals surface area contributed by atoms with E-state index in [1.165, 1.54) is 30.3 Å². The molecule has 2 aromatic rings. The summed E-state index contributed by atoms with van der Waals surface area (Å²) in [6.07, 6.45) is 2.57. The van der Waals surface area contributed by atoms with Gasteiger partial charge in [0.2, 0.25) is 0 Å². The molecule has 2 aromatic carbocycles. The van der Waals surface area contributed by atoms with E-state index in [1.807, 2.05) is 0 Å². The fraction of sp³-hybridized carbons (Fsp3) is 0.350. The van der Waals surface area contributed by atoms with Crippen molar-refractivity contribution in [1.29, 1.82) is 5.26 Å². The molecule has 0 spiro atoms. The molecule has 6 heteroatoms. The van der Waals surface area contributed by atoms with Gasteiger partial charge in [-0.15, -0.1) is 0 Å². The molecule has 136 valence electrons. The van der Waals surface area contributed by atoms with Crippen LogP contribution < -0.4 is 9.47 Å². The summed E-state index contributed by atoms with van der Waals surface area (Å²) in [5.41, 5.74) is -0.0976. The lowest BCUT2D eigenvalue weighted by molar-refractivity contribution is 0.102. The predicted molar refractivity (Wildman–Crippen MR) is 89.3 cm³/mol. The standard InChI is InChI=1S/C20H18F3NO2/c21-16-3-2-6-19(15(16)11-24)25-12-13-7-9-14(10-8-13)26-20-17(22)4-1-5-18(20)23/h1-6,13-14H,7-10,12H2. The minimum Gasteiger partial charge on any atom is -0.492 e. The van der Waals surface area contributed by atoms with Gasteiger partial charge in [-0.3, -0.25) is 0 Å². The molecule has 0 aromatic heterocycles. The molecular weight excluding hydrogens is 343 g/mol. The van der Waals surface area contributed by atoms with Crippen LogP contribution in [0.5, 0.6) is 11.5 Å². The molecular formula is C20H18F3NO2. The van der Waals surface area contributed by atoms with Gasteiger partial charge in [0.05, 0.1) is 12.7 Å². The van der Waals surface area contributed by atoms with Crippen LogP contribution in [-0.4, -0.2) is 12.7 Å². The Bertz CT molecular complexity index is 791. The van der Waals surface area contributed by atoms with Gasteiger partial charge in [-0.1, -0.05) is 12.1 Å². The Morgan fingerprint density at radius 1 is 0.923 bits per heavy atom. The predicted octanol–water partition coefficient (Wildman–Crippen LogP) is 4.99. The monoisotopic (exact) mass is 361 g/mol. The van der Waals surface area contributed by atoms with Crippen molar-refractivity contribution in [2.24, 2.45) is 5.92 Å². The van der Waals surface area contributed by atoms with Gasteiger partial charge in [0.15, 0.2) is 17.4 Å². The Labute approximate surface area is 150 Å². The van der Waals surface area contributed by atoms with Crippen LogP contribution >= 0.6 is 0 Å². The van der Waals surface area contributed by atoms with Gasteiger partial charge in [0.1, 0.15) is 23.2 Å². The maximum Gasteiger partial charge on any atom is 0.191 e. The molecule has 1 aliphatic carbocycles. The second kappa shape index (κ2) is 8.13.